The Morgan fingerprint density at radius 2 is 2.29 bits per heavy atom. The summed E-state index contributed by atoms with van der Waals surface area (Å²) in [7, 11) is 0. The molecule has 3 nitrogen and oxygen atoms in total. The summed E-state index contributed by atoms with van der Waals surface area (Å²) >= 11 is 0. The summed E-state index contributed by atoms with van der Waals surface area (Å²) in [6.45, 7) is 3.27. The van der Waals surface area contributed by atoms with E-state index < -0.39 is 0 Å². The molecule has 3 aliphatic rings. The highest BCUT2D eigenvalue weighted by Gasteiger charge is 2.41. The van der Waals surface area contributed by atoms with Gasteiger partial charge in [-0.3, -0.25) is 4.79 Å². The van der Waals surface area contributed by atoms with E-state index in [1.54, 1.807) is 0 Å². The summed E-state index contributed by atoms with van der Waals surface area (Å²) in [5, 5.41) is 3.50. The van der Waals surface area contributed by atoms with Crippen LogP contribution in [0.25, 0.3) is 0 Å². The van der Waals surface area contributed by atoms with Gasteiger partial charge in [-0.15, -0.1) is 0 Å². The second-order valence-corrected chi connectivity index (χ2v) is 5.03. The molecule has 3 heteroatoms. The van der Waals surface area contributed by atoms with Crippen LogP contribution < -0.4 is 5.32 Å². The fourth-order valence-corrected chi connectivity index (χ4v) is 3.45. The summed E-state index contributed by atoms with van der Waals surface area (Å²) in [4.78, 5) is 13.9. The SMILES string of the molecule is O=C1CCC[C@@H]2[C@H]3CNC[C@H](C3)CN12. The Morgan fingerprint density at radius 3 is 3.21 bits per heavy atom. The summed E-state index contributed by atoms with van der Waals surface area (Å²) < 4.78 is 0. The second-order valence-electron chi connectivity index (χ2n) is 5.03. The molecule has 0 radical (unpaired) electrons. The zero-order valence-electron chi connectivity index (χ0n) is 8.54. The van der Waals surface area contributed by atoms with E-state index in [9.17, 15) is 4.79 Å². The van der Waals surface area contributed by atoms with Gasteiger partial charge in [0.05, 0.1) is 0 Å². The first-order valence-electron chi connectivity index (χ1n) is 5.85. The fourth-order valence-electron chi connectivity index (χ4n) is 3.45. The molecule has 3 heterocycles. The van der Waals surface area contributed by atoms with Crippen molar-refractivity contribution in [3.63, 3.8) is 0 Å². The van der Waals surface area contributed by atoms with Gasteiger partial charge in [-0.25, -0.2) is 0 Å². The van der Waals surface area contributed by atoms with Crippen molar-refractivity contribution in [1.29, 1.82) is 0 Å². The standard InChI is InChI=1S/C11H18N2O/c14-11-3-1-2-10-9-4-8(5-12-6-9)7-13(10)11/h8-10,12H,1-7H2/t8-,9+,10+/m0/s1. The number of rotatable bonds is 0. The van der Waals surface area contributed by atoms with Crippen molar-refractivity contribution < 1.29 is 4.79 Å². The minimum absolute atomic E-state index is 0.415. The molecular weight excluding hydrogens is 176 g/mol. The van der Waals surface area contributed by atoms with E-state index in [2.05, 4.69) is 10.2 Å². The molecule has 1 N–H and O–H groups in total. The number of nitrogens with one attached hydrogen (secondary N) is 1. The maximum Gasteiger partial charge on any atom is 0.222 e. The van der Waals surface area contributed by atoms with Crippen LogP contribution in [0.15, 0.2) is 0 Å². The fraction of sp³-hybridized carbons (Fsp3) is 0.909. The number of amides is 1. The van der Waals surface area contributed by atoms with Gasteiger partial charge in [0.1, 0.15) is 0 Å². The van der Waals surface area contributed by atoms with E-state index in [0.29, 0.717) is 11.9 Å². The largest absolute Gasteiger partial charge is 0.339 e. The molecule has 0 aromatic rings. The second kappa shape index (κ2) is 3.23. The average molecular weight is 194 g/mol. The Bertz CT molecular complexity index is 254. The lowest BCUT2D eigenvalue weighted by atomic mass is 9.77. The topological polar surface area (TPSA) is 32.3 Å². The zero-order valence-corrected chi connectivity index (χ0v) is 8.54. The van der Waals surface area contributed by atoms with Crippen molar-refractivity contribution in [2.24, 2.45) is 11.8 Å². The Kier molecular flexibility index (Phi) is 2.01. The molecule has 1 amide bonds. The monoisotopic (exact) mass is 194 g/mol. The van der Waals surface area contributed by atoms with Gasteiger partial charge in [-0.2, -0.15) is 0 Å². The molecule has 0 spiro atoms. The normalized spacial score (nSPS) is 42.1. The minimum atomic E-state index is 0.415. The first-order chi connectivity index (χ1) is 6.84. The number of hydrogen-bond donors (Lipinski definition) is 1. The van der Waals surface area contributed by atoms with E-state index in [1.807, 2.05) is 0 Å². The minimum Gasteiger partial charge on any atom is -0.339 e. The highest BCUT2D eigenvalue weighted by Crippen LogP contribution is 2.35. The van der Waals surface area contributed by atoms with E-state index in [-0.39, 0.29) is 0 Å². The van der Waals surface area contributed by atoms with Gasteiger partial charge in [0.25, 0.3) is 0 Å². The zero-order chi connectivity index (χ0) is 9.54. The Hall–Kier alpha value is -0.570. The molecular formula is C11H18N2O. The van der Waals surface area contributed by atoms with E-state index in [4.69, 9.17) is 0 Å². The molecule has 78 valence electrons. The third-order valence-corrected chi connectivity index (χ3v) is 4.09. The number of carbonyl (C=O) groups excluding carboxylic acids is 1. The molecule has 3 saturated heterocycles. The van der Waals surface area contributed by atoms with Crippen LogP contribution in [0.3, 0.4) is 0 Å². The van der Waals surface area contributed by atoms with Gasteiger partial charge in [0, 0.05) is 19.0 Å². The molecule has 14 heavy (non-hydrogen) atoms. The molecule has 3 atom stereocenters. The van der Waals surface area contributed by atoms with Gasteiger partial charge in [-0.1, -0.05) is 0 Å². The van der Waals surface area contributed by atoms with Gasteiger partial charge in [0.2, 0.25) is 5.91 Å². The predicted molar refractivity (Wildman–Crippen MR) is 53.8 cm³/mol. The first kappa shape index (κ1) is 8.72. The number of carbonyl (C=O) groups is 1. The third-order valence-electron chi connectivity index (χ3n) is 4.09. The molecule has 3 aliphatic heterocycles. The van der Waals surface area contributed by atoms with Crippen LogP contribution >= 0.6 is 0 Å². The molecule has 0 aromatic carbocycles. The third kappa shape index (κ3) is 1.26. The van der Waals surface area contributed by atoms with Crippen molar-refractivity contribution in [2.75, 3.05) is 19.6 Å². The van der Waals surface area contributed by atoms with Crippen molar-refractivity contribution in [2.45, 2.75) is 31.7 Å². The van der Waals surface area contributed by atoms with Crippen molar-refractivity contribution in [1.82, 2.24) is 10.2 Å². The number of fused-ring (bicyclic) bond motifs is 4. The van der Waals surface area contributed by atoms with Gasteiger partial charge >= 0.3 is 0 Å². The number of hydrogen-bond acceptors (Lipinski definition) is 2. The summed E-state index contributed by atoms with van der Waals surface area (Å²) in [6.07, 6.45) is 4.50. The maximum absolute atomic E-state index is 11.8. The van der Waals surface area contributed by atoms with Crippen LogP contribution in [0.1, 0.15) is 25.7 Å². The highest BCUT2D eigenvalue weighted by atomic mass is 16.2. The van der Waals surface area contributed by atoms with E-state index in [0.717, 1.165) is 44.3 Å². The predicted octanol–water partition coefficient (Wildman–Crippen LogP) is 0.607. The number of piperidine rings is 3. The smallest absolute Gasteiger partial charge is 0.222 e. The molecule has 0 saturated carbocycles. The van der Waals surface area contributed by atoms with Crippen molar-refractivity contribution in [3.8, 4) is 0 Å². The summed E-state index contributed by atoms with van der Waals surface area (Å²) in [6, 6.07) is 0.570. The first-order valence-corrected chi connectivity index (χ1v) is 5.85. The molecule has 2 bridgehead atoms. The summed E-state index contributed by atoms with van der Waals surface area (Å²) in [5.41, 5.74) is 0. The van der Waals surface area contributed by atoms with Crippen LogP contribution in [0.5, 0.6) is 0 Å². The molecule has 3 rings (SSSR count). The molecule has 3 fully saturated rings. The Morgan fingerprint density at radius 1 is 1.36 bits per heavy atom. The molecule has 0 aliphatic carbocycles. The van der Waals surface area contributed by atoms with Gasteiger partial charge in [0.15, 0.2) is 0 Å². The van der Waals surface area contributed by atoms with Gasteiger partial charge < -0.3 is 10.2 Å². The van der Waals surface area contributed by atoms with Crippen LogP contribution in [0.4, 0.5) is 0 Å². The lowest BCUT2D eigenvalue weighted by Crippen LogP contribution is -2.59. The van der Waals surface area contributed by atoms with Crippen LogP contribution in [0.2, 0.25) is 0 Å². The number of nitrogens with zero attached hydrogens (tertiary/aromatic N) is 1. The molecule has 0 unspecified atom stereocenters. The van der Waals surface area contributed by atoms with Crippen LogP contribution in [-0.4, -0.2) is 36.5 Å². The Balaban J connectivity index is 1.83. The lowest BCUT2D eigenvalue weighted by molar-refractivity contribution is -0.142. The van der Waals surface area contributed by atoms with E-state index >= 15 is 0 Å². The molecule has 0 aromatic heterocycles. The maximum atomic E-state index is 11.8. The lowest BCUT2D eigenvalue weighted by Gasteiger charge is -2.49. The van der Waals surface area contributed by atoms with E-state index in [1.165, 1.54) is 12.8 Å². The van der Waals surface area contributed by atoms with Crippen LogP contribution in [-0.2, 0) is 4.79 Å². The highest BCUT2D eigenvalue weighted by molar-refractivity contribution is 5.77. The van der Waals surface area contributed by atoms with Crippen molar-refractivity contribution >= 4 is 5.91 Å². The quantitative estimate of drug-likeness (QED) is 0.612. The van der Waals surface area contributed by atoms with Crippen LogP contribution in [0, 0.1) is 11.8 Å². The Labute approximate surface area is 84.8 Å². The van der Waals surface area contributed by atoms with Crippen molar-refractivity contribution in [3.05, 3.63) is 0 Å². The van der Waals surface area contributed by atoms with Gasteiger partial charge in [-0.05, 0) is 44.2 Å². The summed E-state index contributed by atoms with van der Waals surface area (Å²) in [5.74, 6) is 1.89. The average Bonchev–Trinajstić information content (AvgIpc) is 2.20.